The van der Waals surface area contributed by atoms with E-state index in [-0.39, 0.29) is 0 Å². The van der Waals surface area contributed by atoms with Gasteiger partial charge in [-0.15, -0.1) is 0 Å². The van der Waals surface area contributed by atoms with Gasteiger partial charge in [-0.05, 0) is 19.8 Å². The number of ether oxygens (including phenoxy) is 1. The molecule has 1 N–H and O–H groups in total. The largest absolute Gasteiger partial charge is 0.481 e. The number of hydrogen-bond donors (Lipinski definition) is 1. The SMILES string of the molecule is CCOCCCCCCCCCCCC(=O)O. The van der Waals surface area contributed by atoms with Gasteiger partial charge in [0.15, 0.2) is 0 Å². The topological polar surface area (TPSA) is 46.5 Å². The van der Waals surface area contributed by atoms with Gasteiger partial charge in [-0.1, -0.05) is 44.9 Å². The average molecular weight is 244 g/mol. The number of aliphatic carboxylic acids is 1. The van der Waals surface area contributed by atoms with Gasteiger partial charge in [-0.25, -0.2) is 0 Å². The second kappa shape index (κ2) is 13.5. The number of hydrogen-bond acceptors (Lipinski definition) is 2. The van der Waals surface area contributed by atoms with Gasteiger partial charge >= 0.3 is 5.97 Å². The Morgan fingerprint density at radius 2 is 1.35 bits per heavy atom. The van der Waals surface area contributed by atoms with E-state index in [1.165, 1.54) is 44.9 Å². The molecule has 17 heavy (non-hydrogen) atoms. The molecule has 0 amide bonds. The van der Waals surface area contributed by atoms with E-state index in [1.807, 2.05) is 6.92 Å². The molecule has 0 spiro atoms. The van der Waals surface area contributed by atoms with Gasteiger partial charge in [0.1, 0.15) is 0 Å². The molecule has 0 bridgehead atoms. The van der Waals surface area contributed by atoms with Gasteiger partial charge in [0.2, 0.25) is 0 Å². The van der Waals surface area contributed by atoms with Crippen molar-refractivity contribution in [2.45, 2.75) is 71.1 Å². The van der Waals surface area contributed by atoms with Crippen molar-refractivity contribution in [1.29, 1.82) is 0 Å². The monoisotopic (exact) mass is 244 g/mol. The molecule has 0 fully saturated rings. The Labute approximate surface area is 106 Å². The standard InChI is InChI=1S/C14H28O3/c1-2-17-13-11-9-7-5-3-4-6-8-10-12-14(15)16/h2-13H2,1H3,(H,15,16). The third-order valence-corrected chi connectivity index (χ3v) is 2.88. The zero-order valence-corrected chi connectivity index (χ0v) is 11.2. The van der Waals surface area contributed by atoms with E-state index in [2.05, 4.69) is 0 Å². The van der Waals surface area contributed by atoms with Crippen LogP contribution in [0.3, 0.4) is 0 Å². The summed E-state index contributed by atoms with van der Waals surface area (Å²) in [5, 5.41) is 8.46. The summed E-state index contributed by atoms with van der Waals surface area (Å²) in [4.78, 5) is 10.3. The maximum absolute atomic E-state index is 10.3. The van der Waals surface area contributed by atoms with Crippen LogP contribution in [0.4, 0.5) is 0 Å². The van der Waals surface area contributed by atoms with Crippen LogP contribution in [0.2, 0.25) is 0 Å². The second-order valence-electron chi connectivity index (χ2n) is 4.52. The molecule has 0 aliphatic rings. The molecular formula is C14H28O3. The van der Waals surface area contributed by atoms with E-state index in [0.29, 0.717) is 6.42 Å². The van der Waals surface area contributed by atoms with Crippen LogP contribution >= 0.6 is 0 Å². The average Bonchev–Trinajstić information content (AvgIpc) is 2.30. The van der Waals surface area contributed by atoms with Crippen LogP contribution in [0.5, 0.6) is 0 Å². The van der Waals surface area contributed by atoms with E-state index in [9.17, 15) is 4.79 Å². The predicted octanol–water partition coefficient (Wildman–Crippen LogP) is 4.01. The Kier molecular flexibility index (Phi) is 13.0. The smallest absolute Gasteiger partial charge is 0.303 e. The Balaban J connectivity index is 2.91. The quantitative estimate of drug-likeness (QED) is 0.498. The number of rotatable bonds is 13. The van der Waals surface area contributed by atoms with Crippen molar-refractivity contribution in [2.75, 3.05) is 13.2 Å². The summed E-state index contributed by atoms with van der Waals surface area (Å²) in [7, 11) is 0. The van der Waals surface area contributed by atoms with E-state index in [0.717, 1.165) is 26.1 Å². The maximum Gasteiger partial charge on any atom is 0.303 e. The van der Waals surface area contributed by atoms with Crippen LogP contribution in [-0.4, -0.2) is 24.3 Å². The molecule has 0 aliphatic heterocycles. The highest BCUT2D eigenvalue weighted by atomic mass is 16.5. The van der Waals surface area contributed by atoms with Gasteiger partial charge in [-0.3, -0.25) is 4.79 Å². The van der Waals surface area contributed by atoms with Gasteiger partial charge in [-0.2, -0.15) is 0 Å². The third-order valence-electron chi connectivity index (χ3n) is 2.88. The fourth-order valence-electron chi connectivity index (χ4n) is 1.86. The molecule has 0 aromatic carbocycles. The number of carbonyl (C=O) groups is 1. The number of unbranched alkanes of at least 4 members (excludes halogenated alkanes) is 8. The van der Waals surface area contributed by atoms with Crippen LogP contribution in [0.15, 0.2) is 0 Å². The summed E-state index contributed by atoms with van der Waals surface area (Å²) in [6, 6.07) is 0. The molecule has 0 radical (unpaired) electrons. The lowest BCUT2D eigenvalue weighted by atomic mass is 10.1. The molecule has 0 aromatic rings. The summed E-state index contributed by atoms with van der Waals surface area (Å²) < 4.78 is 5.28. The minimum absolute atomic E-state index is 0.331. The fraction of sp³-hybridized carbons (Fsp3) is 0.929. The molecule has 102 valence electrons. The maximum atomic E-state index is 10.3. The van der Waals surface area contributed by atoms with Crippen molar-refractivity contribution < 1.29 is 14.6 Å². The lowest BCUT2D eigenvalue weighted by Crippen LogP contribution is -1.93. The van der Waals surface area contributed by atoms with Gasteiger partial charge in [0.05, 0.1) is 0 Å². The van der Waals surface area contributed by atoms with Crippen molar-refractivity contribution in [3.63, 3.8) is 0 Å². The summed E-state index contributed by atoms with van der Waals surface area (Å²) >= 11 is 0. The summed E-state index contributed by atoms with van der Waals surface area (Å²) in [5.41, 5.74) is 0. The van der Waals surface area contributed by atoms with Crippen molar-refractivity contribution in [3.05, 3.63) is 0 Å². The van der Waals surface area contributed by atoms with Crippen molar-refractivity contribution in [1.82, 2.24) is 0 Å². The Bertz CT molecular complexity index is 169. The van der Waals surface area contributed by atoms with Crippen molar-refractivity contribution >= 4 is 5.97 Å². The summed E-state index contributed by atoms with van der Waals surface area (Å²) in [5.74, 6) is -0.667. The lowest BCUT2D eigenvalue weighted by Gasteiger charge is -2.02. The lowest BCUT2D eigenvalue weighted by molar-refractivity contribution is -0.137. The number of carboxylic acids is 1. The molecule has 0 atom stereocenters. The van der Waals surface area contributed by atoms with Gasteiger partial charge < -0.3 is 9.84 Å². The molecule has 3 nitrogen and oxygen atoms in total. The highest BCUT2D eigenvalue weighted by Crippen LogP contribution is 2.10. The molecule has 0 saturated carbocycles. The molecule has 0 aromatic heterocycles. The van der Waals surface area contributed by atoms with Crippen LogP contribution in [0, 0.1) is 0 Å². The Morgan fingerprint density at radius 1 is 0.882 bits per heavy atom. The van der Waals surface area contributed by atoms with E-state index in [4.69, 9.17) is 9.84 Å². The zero-order chi connectivity index (χ0) is 12.8. The highest BCUT2D eigenvalue weighted by molar-refractivity contribution is 5.66. The fourth-order valence-corrected chi connectivity index (χ4v) is 1.86. The Morgan fingerprint density at radius 3 is 1.82 bits per heavy atom. The molecule has 0 aliphatic carbocycles. The third kappa shape index (κ3) is 15.4. The van der Waals surface area contributed by atoms with Gasteiger partial charge in [0, 0.05) is 19.6 Å². The first kappa shape index (κ1) is 16.4. The zero-order valence-electron chi connectivity index (χ0n) is 11.2. The minimum Gasteiger partial charge on any atom is -0.481 e. The normalized spacial score (nSPS) is 10.6. The predicted molar refractivity (Wildman–Crippen MR) is 70.3 cm³/mol. The molecular weight excluding hydrogens is 216 g/mol. The first-order valence-electron chi connectivity index (χ1n) is 7.07. The molecule has 0 heterocycles. The van der Waals surface area contributed by atoms with Crippen LogP contribution in [0.1, 0.15) is 71.1 Å². The molecule has 0 saturated heterocycles. The van der Waals surface area contributed by atoms with Crippen LogP contribution < -0.4 is 0 Å². The van der Waals surface area contributed by atoms with E-state index in [1.54, 1.807) is 0 Å². The van der Waals surface area contributed by atoms with Crippen molar-refractivity contribution in [2.24, 2.45) is 0 Å². The van der Waals surface area contributed by atoms with Crippen LogP contribution in [0.25, 0.3) is 0 Å². The summed E-state index contributed by atoms with van der Waals surface area (Å²) in [6.07, 6.45) is 11.1. The second-order valence-corrected chi connectivity index (χ2v) is 4.52. The van der Waals surface area contributed by atoms with E-state index >= 15 is 0 Å². The van der Waals surface area contributed by atoms with E-state index < -0.39 is 5.97 Å². The molecule has 0 rings (SSSR count). The first-order chi connectivity index (χ1) is 8.27. The first-order valence-corrected chi connectivity index (χ1v) is 7.07. The molecule has 3 heteroatoms. The van der Waals surface area contributed by atoms with Gasteiger partial charge in [0.25, 0.3) is 0 Å². The Hall–Kier alpha value is -0.570. The molecule has 0 unspecified atom stereocenters. The highest BCUT2D eigenvalue weighted by Gasteiger charge is 1.96. The van der Waals surface area contributed by atoms with Crippen molar-refractivity contribution in [3.8, 4) is 0 Å². The minimum atomic E-state index is -0.667. The summed E-state index contributed by atoms with van der Waals surface area (Å²) in [6.45, 7) is 3.77. The van der Waals surface area contributed by atoms with Crippen LogP contribution in [-0.2, 0) is 9.53 Å². The number of carboxylic acid groups (broad SMARTS) is 1.